The van der Waals surface area contributed by atoms with Crippen molar-refractivity contribution in [2.75, 3.05) is 12.4 Å². The lowest BCUT2D eigenvalue weighted by Crippen LogP contribution is -2.09. The normalized spacial score (nSPS) is 12.2. The Hall–Kier alpha value is -1.47. The number of rotatable bonds is 5. The summed E-state index contributed by atoms with van der Waals surface area (Å²) in [5, 5.41) is 7.02. The first-order valence-corrected chi connectivity index (χ1v) is 7.57. The summed E-state index contributed by atoms with van der Waals surface area (Å²) in [4.78, 5) is 21.0. The fourth-order valence-corrected chi connectivity index (χ4v) is 3.26. The number of aryl methyl sites for hydroxylation is 1. The predicted octanol–water partition coefficient (Wildman–Crippen LogP) is 3.26. The molecule has 0 radical (unpaired) electrons. The Morgan fingerprint density at radius 1 is 1.58 bits per heavy atom. The van der Waals surface area contributed by atoms with Gasteiger partial charge in [-0.3, -0.25) is 0 Å². The summed E-state index contributed by atoms with van der Waals surface area (Å²) >= 11 is 3.06. The minimum atomic E-state index is -0.399. The Morgan fingerprint density at radius 2 is 2.37 bits per heavy atom. The summed E-state index contributed by atoms with van der Waals surface area (Å²) in [7, 11) is 1.36. The summed E-state index contributed by atoms with van der Waals surface area (Å²) in [5.41, 5.74) is 0.379. The number of methoxy groups -OCH3 is 1. The van der Waals surface area contributed by atoms with E-state index in [1.54, 1.807) is 17.5 Å². The number of carbonyl (C=O) groups excluding carboxylic acids is 1. The minimum Gasteiger partial charge on any atom is -0.464 e. The number of anilines is 1. The Kier molecular flexibility index (Phi) is 4.49. The van der Waals surface area contributed by atoms with Gasteiger partial charge in [0.1, 0.15) is 5.01 Å². The summed E-state index contributed by atoms with van der Waals surface area (Å²) in [6.07, 6.45) is 2.69. The summed E-state index contributed by atoms with van der Waals surface area (Å²) in [5.74, 6) is -0.399. The first-order valence-electron chi connectivity index (χ1n) is 5.87. The number of nitrogens with one attached hydrogen (secondary N) is 1. The second kappa shape index (κ2) is 6.12. The van der Waals surface area contributed by atoms with E-state index in [0.29, 0.717) is 5.69 Å². The molecule has 0 aromatic carbocycles. The van der Waals surface area contributed by atoms with Crippen molar-refractivity contribution in [2.24, 2.45) is 0 Å². The van der Waals surface area contributed by atoms with Crippen molar-refractivity contribution in [1.82, 2.24) is 9.97 Å². The van der Waals surface area contributed by atoms with Crippen LogP contribution in [0.3, 0.4) is 0 Å². The zero-order chi connectivity index (χ0) is 13.8. The van der Waals surface area contributed by atoms with E-state index in [4.69, 9.17) is 4.74 Å². The number of aromatic nitrogens is 2. The van der Waals surface area contributed by atoms with E-state index < -0.39 is 5.97 Å². The van der Waals surface area contributed by atoms with Crippen LogP contribution in [0.1, 0.15) is 39.8 Å². The van der Waals surface area contributed by atoms with E-state index in [0.717, 1.165) is 21.4 Å². The summed E-state index contributed by atoms with van der Waals surface area (Å²) in [6.45, 7) is 3.94. The molecule has 0 aliphatic rings. The van der Waals surface area contributed by atoms with Crippen molar-refractivity contribution in [3.05, 3.63) is 27.2 Å². The van der Waals surface area contributed by atoms with Gasteiger partial charge in [0.05, 0.1) is 13.2 Å². The third kappa shape index (κ3) is 3.10. The number of ether oxygens (including phenoxy) is 1. The number of esters is 1. The molecule has 0 bridgehead atoms. The molecule has 19 heavy (non-hydrogen) atoms. The molecular weight excluding hydrogens is 282 g/mol. The van der Waals surface area contributed by atoms with Gasteiger partial charge in [-0.2, -0.15) is 0 Å². The smallest absolute Gasteiger partial charge is 0.357 e. The average molecular weight is 297 g/mol. The summed E-state index contributed by atoms with van der Waals surface area (Å²) < 4.78 is 4.70. The van der Waals surface area contributed by atoms with Gasteiger partial charge < -0.3 is 10.1 Å². The molecule has 0 saturated carbocycles. The molecule has 2 heterocycles. The fourth-order valence-electron chi connectivity index (χ4n) is 1.64. The monoisotopic (exact) mass is 297 g/mol. The van der Waals surface area contributed by atoms with Gasteiger partial charge in [-0.25, -0.2) is 14.8 Å². The molecule has 5 nitrogen and oxygen atoms in total. The van der Waals surface area contributed by atoms with Crippen LogP contribution < -0.4 is 5.32 Å². The number of thiazole rings is 2. The molecule has 0 amide bonds. The summed E-state index contributed by atoms with van der Waals surface area (Å²) in [6, 6.07) is 0.121. The van der Waals surface area contributed by atoms with Crippen molar-refractivity contribution in [2.45, 2.75) is 26.3 Å². The van der Waals surface area contributed by atoms with E-state index in [2.05, 4.69) is 22.2 Å². The van der Waals surface area contributed by atoms with Crippen molar-refractivity contribution >= 4 is 33.8 Å². The Bertz CT molecular complexity index is 551. The number of hydrogen-bond acceptors (Lipinski definition) is 7. The quantitative estimate of drug-likeness (QED) is 0.858. The van der Waals surface area contributed by atoms with Crippen LogP contribution in [0, 0.1) is 6.92 Å². The Morgan fingerprint density at radius 3 is 2.95 bits per heavy atom. The molecule has 2 aromatic rings. The molecule has 0 saturated heterocycles. The second-order valence-corrected chi connectivity index (χ2v) is 6.02. The van der Waals surface area contributed by atoms with Crippen molar-refractivity contribution in [1.29, 1.82) is 0 Å². The van der Waals surface area contributed by atoms with Gasteiger partial charge in [-0.1, -0.05) is 6.92 Å². The lowest BCUT2D eigenvalue weighted by molar-refractivity contribution is 0.0594. The molecule has 1 N–H and O–H groups in total. The lowest BCUT2D eigenvalue weighted by atomic mass is 10.2. The highest BCUT2D eigenvalue weighted by molar-refractivity contribution is 7.15. The van der Waals surface area contributed by atoms with Crippen LogP contribution in [0.15, 0.2) is 11.6 Å². The zero-order valence-electron chi connectivity index (χ0n) is 11.0. The van der Waals surface area contributed by atoms with Crippen molar-refractivity contribution in [3.63, 3.8) is 0 Å². The van der Waals surface area contributed by atoms with Crippen molar-refractivity contribution in [3.8, 4) is 0 Å². The van der Waals surface area contributed by atoms with E-state index >= 15 is 0 Å². The molecule has 7 heteroatoms. The largest absolute Gasteiger partial charge is 0.464 e. The van der Waals surface area contributed by atoms with E-state index in [1.807, 2.05) is 12.3 Å². The highest BCUT2D eigenvalue weighted by atomic mass is 32.1. The molecule has 1 atom stereocenters. The van der Waals surface area contributed by atoms with Gasteiger partial charge in [-0.05, 0) is 13.3 Å². The van der Waals surface area contributed by atoms with Crippen LogP contribution in [0.2, 0.25) is 0 Å². The molecule has 0 spiro atoms. The maximum atomic E-state index is 11.5. The van der Waals surface area contributed by atoms with Crippen LogP contribution in [-0.4, -0.2) is 23.0 Å². The highest BCUT2D eigenvalue weighted by Gasteiger charge is 2.18. The SMILES string of the molecule is CCC(Nc1nc(C(=O)OC)c(C)s1)c1nccs1. The fraction of sp³-hybridized carbons (Fsp3) is 0.417. The Balaban J connectivity index is 2.17. The van der Waals surface area contributed by atoms with Gasteiger partial charge in [0, 0.05) is 16.5 Å². The third-order valence-electron chi connectivity index (χ3n) is 2.63. The molecule has 0 fully saturated rings. The predicted molar refractivity (Wildman–Crippen MR) is 77.0 cm³/mol. The lowest BCUT2D eigenvalue weighted by Gasteiger charge is -2.12. The number of carbonyl (C=O) groups is 1. The second-order valence-electron chi connectivity index (χ2n) is 3.89. The first-order chi connectivity index (χ1) is 9.15. The van der Waals surface area contributed by atoms with Crippen LogP contribution >= 0.6 is 22.7 Å². The van der Waals surface area contributed by atoms with Crippen molar-refractivity contribution < 1.29 is 9.53 Å². The van der Waals surface area contributed by atoms with Crippen LogP contribution in [-0.2, 0) is 4.74 Å². The maximum absolute atomic E-state index is 11.5. The molecule has 102 valence electrons. The molecule has 0 aliphatic carbocycles. The van der Waals surface area contributed by atoms with Gasteiger partial charge in [0.25, 0.3) is 0 Å². The number of hydrogen-bond donors (Lipinski definition) is 1. The van der Waals surface area contributed by atoms with E-state index in [1.165, 1.54) is 18.4 Å². The molecule has 1 unspecified atom stereocenters. The average Bonchev–Trinajstić information content (AvgIpc) is 3.04. The zero-order valence-corrected chi connectivity index (χ0v) is 12.6. The van der Waals surface area contributed by atoms with Gasteiger partial charge >= 0.3 is 5.97 Å². The molecule has 2 rings (SSSR count). The van der Waals surface area contributed by atoms with Gasteiger partial charge in [0.2, 0.25) is 0 Å². The van der Waals surface area contributed by atoms with E-state index in [9.17, 15) is 4.79 Å². The minimum absolute atomic E-state index is 0.121. The Labute approximate surface area is 119 Å². The van der Waals surface area contributed by atoms with Crippen LogP contribution in [0.5, 0.6) is 0 Å². The van der Waals surface area contributed by atoms with E-state index in [-0.39, 0.29) is 6.04 Å². The third-order valence-corrected chi connectivity index (χ3v) is 4.42. The molecule has 2 aromatic heterocycles. The van der Waals surface area contributed by atoms with Crippen LogP contribution in [0.4, 0.5) is 5.13 Å². The highest BCUT2D eigenvalue weighted by Crippen LogP contribution is 2.28. The van der Waals surface area contributed by atoms with Crippen LogP contribution in [0.25, 0.3) is 0 Å². The number of nitrogens with zero attached hydrogens (tertiary/aromatic N) is 2. The topological polar surface area (TPSA) is 64.1 Å². The maximum Gasteiger partial charge on any atom is 0.357 e. The van der Waals surface area contributed by atoms with Gasteiger partial charge in [0.15, 0.2) is 10.8 Å². The van der Waals surface area contributed by atoms with Gasteiger partial charge in [-0.15, -0.1) is 22.7 Å². The molecule has 0 aliphatic heterocycles. The molecular formula is C12H15N3O2S2. The standard InChI is InChI=1S/C12H15N3O2S2/c1-4-8(10-13-5-6-18-10)14-12-15-9(7(2)19-12)11(16)17-3/h5-6,8H,4H2,1-3H3,(H,14,15). The first kappa shape index (κ1) is 14.0.